The van der Waals surface area contributed by atoms with Gasteiger partial charge in [-0.1, -0.05) is 24.3 Å². The second-order valence-electron chi connectivity index (χ2n) is 4.20. The Kier molecular flexibility index (Phi) is 1.97. The summed E-state index contributed by atoms with van der Waals surface area (Å²) in [6, 6.07) is 14.4. The van der Waals surface area contributed by atoms with E-state index in [0.717, 1.165) is 0 Å². The number of ether oxygens (including phenoxy) is 2. The molecule has 5 nitrogen and oxygen atoms in total. The Morgan fingerprint density at radius 1 is 0.895 bits per heavy atom. The van der Waals surface area contributed by atoms with E-state index in [-0.39, 0.29) is 0 Å². The highest BCUT2D eigenvalue weighted by atomic mass is 16.7. The third kappa shape index (κ3) is 1.45. The number of fused-ring (bicyclic) bond motifs is 2. The summed E-state index contributed by atoms with van der Waals surface area (Å²) in [6.07, 6.45) is -0.825. The molecule has 0 unspecified atom stereocenters. The van der Waals surface area contributed by atoms with Gasteiger partial charge in [0.15, 0.2) is 17.1 Å². The van der Waals surface area contributed by atoms with Crippen molar-refractivity contribution in [1.82, 2.24) is 4.57 Å². The molecule has 2 aromatic carbocycles. The van der Waals surface area contributed by atoms with Crippen LogP contribution >= 0.6 is 0 Å². The Hall–Kier alpha value is -2.69. The zero-order valence-corrected chi connectivity index (χ0v) is 9.78. The van der Waals surface area contributed by atoms with Gasteiger partial charge < -0.3 is 13.9 Å². The standard InChI is InChI=1S/C14H9NO4/c16-13-15(9-5-1-2-6-10(9)17-13)14-18-11-7-3-4-8-12(11)19-14/h1-8,14H. The normalized spacial score (nSPS) is 14.1. The first kappa shape index (κ1) is 10.3. The number of hydrogen-bond acceptors (Lipinski definition) is 4. The molecule has 0 saturated heterocycles. The summed E-state index contributed by atoms with van der Waals surface area (Å²) in [7, 11) is 0. The van der Waals surface area contributed by atoms with Gasteiger partial charge in [-0.05, 0) is 24.3 Å². The molecule has 19 heavy (non-hydrogen) atoms. The van der Waals surface area contributed by atoms with Gasteiger partial charge in [0.2, 0.25) is 0 Å². The summed E-state index contributed by atoms with van der Waals surface area (Å²) >= 11 is 0. The van der Waals surface area contributed by atoms with Crippen molar-refractivity contribution in [2.45, 2.75) is 6.41 Å². The Morgan fingerprint density at radius 3 is 2.26 bits per heavy atom. The van der Waals surface area contributed by atoms with E-state index >= 15 is 0 Å². The van der Waals surface area contributed by atoms with Gasteiger partial charge in [-0.3, -0.25) is 0 Å². The first-order valence-corrected chi connectivity index (χ1v) is 5.85. The first-order chi connectivity index (χ1) is 9.33. The van der Waals surface area contributed by atoms with Gasteiger partial charge in [-0.15, -0.1) is 0 Å². The van der Waals surface area contributed by atoms with E-state index in [2.05, 4.69) is 0 Å². The van der Waals surface area contributed by atoms with Crippen LogP contribution in [0, 0.1) is 0 Å². The van der Waals surface area contributed by atoms with Crippen molar-refractivity contribution in [1.29, 1.82) is 0 Å². The largest absolute Gasteiger partial charge is 0.433 e. The smallest absolute Gasteiger partial charge is 0.425 e. The summed E-state index contributed by atoms with van der Waals surface area (Å²) in [5.74, 6) is 0.730. The maximum atomic E-state index is 11.9. The topological polar surface area (TPSA) is 53.6 Å². The molecule has 0 radical (unpaired) electrons. The zero-order chi connectivity index (χ0) is 12.8. The van der Waals surface area contributed by atoms with Crippen LogP contribution in [0.4, 0.5) is 0 Å². The molecule has 3 aromatic rings. The van der Waals surface area contributed by atoms with E-state index in [0.29, 0.717) is 22.6 Å². The van der Waals surface area contributed by atoms with Crippen LogP contribution in [-0.4, -0.2) is 4.57 Å². The lowest BCUT2D eigenvalue weighted by Gasteiger charge is -2.10. The Labute approximate surface area is 107 Å². The van der Waals surface area contributed by atoms with Crippen LogP contribution in [0.3, 0.4) is 0 Å². The van der Waals surface area contributed by atoms with Gasteiger partial charge in [0.1, 0.15) is 0 Å². The molecule has 1 aromatic heterocycles. The monoisotopic (exact) mass is 255 g/mol. The summed E-state index contributed by atoms with van der Waals surface area (Å²) < 4.78 is 17.8. The van der Waals surface area contributed by atoms with Gasteiger partial charge in [0.05, 0.1) is 5.52 Å². The lowest BCUT2D eigenvalue weighted by atomic mass is 10.3. The summed E-state index contributed by atoms with van der Waals surface area (Å²) in [5.41, 5.74) is 1.15. The van der Waals surface area contributed by atoms with E-state index in [9.17, 15) is 4.79 Å². The molecule has 2 heterocycles. The predicted molar refractivity (Wildman–Crippen MR) is 67.2 cm³/mol. The molecule has 0 spiro atoms. The van der Waals surface area contributed by atoms with E-state index < -0.39 is 12.2 Å². The van der Waals surface area contributed by atoms with Crippen molar-refractivity contribution >= 4 is 11.1 Å². The zero-order valence-electron chi connectivity index (χ0n) is 9.78. The molecule has 1 aliphatic rings. The van der Waals surface area contributed by atoms with Crippen molar-refractivity contribution in [3.05, 3.63) is 59.1 Å². The first-order valence-electron chi connectivity index (χ1n) is 5.85. The van der Waals surface area contributed by atoms with Crippen molar-refractivity contribution in [3.63, 3.8) is 0 Å². The van der Waals surface area contributed by atoms with Crippen LogP contribution in [-0.2, 0) is 0 Å². The highest BCUT2D eigenvalue weighted by molar-refractivity contribution is 5.72. The van der Waals surface area contributed by atoms with Crippen LogP contribution in [0.25, 0.3) is 11.1 Å². The van der Waals surface area contributed by atoms with Crippen LogP contribution in [0.1, 0.15) is 6.41 Å². The fourth-order valence-corrected chi connectivity index (χ4v) is 2.18. The van der Waals surface area contributed by atoms with Crippen molar-refractivity contribution < 1.29 is 13.9 Å². The molecule has 1 aliphatic heterocycles. The number of nitrogens with zero attached hydrogens (tertiary/aromatic N) is 1. The number of hydrogen-bond donors (Lipinski definition) is 0. The molecule has 0 saturated carbocycles. The van der Waals surface area contributed by atoms with Gasteiger partial charge >= 0.3 is 12.2 Å². The molecule has 0 aliphatic carbocycles. The van der Waals surface area contributed by atoms with Crippen LogP contribution < -0.4 is 15.2 Å². The second kappa shape index (κ2) is 3.65. The van der Waals surface area contributed by atoms with Crippen molar-refractivity contribution in [3.8, 4) is 11.5 Å². The van der Waals surface area contributed by atoms with Gasteiger partial charge in [-0.2, -0.15) is 0 Å². The molecule has 0 fully saturated rings. The maximum Gasteiger partial charge on any atom is 0.425 e. The minimum Gasteiger partial charge on any atom is -0.433 e. The number of benzene rings is 2. The minimum atomic E-state index is -0.825. The molecular weight excluding hydrogens is 246 g/mol. The van der Waals surface area contributed by atoms with Crippen molar-refractivity contribution in [2.75, 3.05) is 0 Å². The number of rotatable bonds is 1. The highest BCUT2D eigenvalue weighted by Crippen LogP contribution is 2.38. The molecule has 94 valence electrons. The summed E-state index contributed by atoms with van der Waals surface area (Å²) in [5, 5.41) is 0. The maximum absolute atomic E-state index is 11.9. The summed E-state index contributed by atoms with van der Waals surface area (Å²) in [4.78, 5) is 11.9. The molecule has 0 bridgehead atoms. The van der Waals surface area contributed by atoms with Crippen molar-refractivity contribution in [2.24, 2.45) is 0 Å². The number of oxazole rings is 1. The van der Waals surface area contributed by atoms with Gasteiger partial charge in [0, 0.05) is 0 Å². The fraction of sp³-hybridized carbons (Fsp3) is 0.0714. The molecule has 0 N–H and O–H groups in total. The third-order valence-electron chi connectivity index (χ3n) is 3.03. The Morgan fingerprint density at radius 2 is 1.53 bits per heavy atom. The van der Waals surface area contributed by atoms with E-state index in [1.165, 1.54) is 4.57 Å². The number of aromatic nitrogens is 1. The third-order valence-corrected chi connectivity index (χ3v) is 3.03. The van der Waals surface area contributed by atoms with E-state index in [1.54, 1.807) is 30.3 Å². The Balaban J connectivity index is 1.85. The predicted octanol–water partition coefficient (Wildman–Crippen LogP) is 2.52. The second-order valence-corrected chi connectivity index (χ2v) is 4.20. The lowest BCUT2D eigenvalue weighted by Crippen LogP contribution is -2.25. The molecule has 4 rings (SSSR count). The van der Waals surface area contributed by atoms with Crippen LogP contribution in [0.5, 0.6) is 11.5 Å². The SMILES string of the molecule is O=c1oc2ccccc2n1C1Oc2ccccc2O1. The Bertz CT molecular complexity index is 792. The molecule has 0 atom stereocenters. The fourth-order valence-electron chi connectivity index (χ4n) is 2.18. The van der Waals surface area contributed by atoms with Crippen LogP contribution in [0.2, 0.25) is 0 Å². The van der Waals surface area contributed by atoms with Crippen LogP contribution in [0.15, 0.2) is 57.7 Å². The average Bonchev–Trinajstić information content (AvgIpc) is 2.97. The minimum absolute atomic E-state index is 0.501. The quantitative estimate of drug-likeness (QED) is 0.670. The molecular formula is C14H9NO4. The molecule has 0 amide bonds. The van der Waals surface area contributed by atoms with Gasteiger partial charge in [-0.25, -0.2) is 9.36 Å². The number of para-hydroxylation sites is 4. The lowest BCUT2D eigenvalue weighted by molar-refractivity contribution is -0.0195. The van der Waals surface area contributed by atoms with E-state index in [4.69, 9.17) is 13.9 Å². The average molecular weight is 255 g/mol. The van der Waals surface area contributed by atoms with Gasteiger partial charge in [0.25, 0.3) is 0 Å². The van der Waals surface area contributed by atoms with E-state index in [1.807, 2.05) is 18.2 Å². The molecule has 5 heteroatoms. The highest BCUT2D eigenvalue weighted by Gasteiger charge is 2.29. The summed E-state index contributed by atoms with van der Waals surface area (Å²) in [6.45, 7) is 0.